The zero-order chi connectivity index (χ0) is 24.4. The van der Waals surface area contributed by atoms with Gasteiger partial charge in [-0.25, -0.2) is 4.79 Å². The van der Waals surface area contributed by atoms with E-state index in [1.165, 1.54) is 23.5 Å². The highest BCUT2D eigenvalue weighted by molar-refractivity contribution is 6.05. The van der Waals surface area contributed by atoms with E-state index in [1.807, 2.05) is 0 Å². The Hall–Kier alpha value is -3.76. The van der Waals surface area contributed by atoms with E-state index >= 15 is 0 Å². The molecule has 1 amide bonds. The number of alkyl halides is 6. The molecule has 2 N–H and O–H groups in total. The molecule has 1 atom stereocenters. The third-order valence-corrected chi connectivity index (χ3v) is 4.64. The molecule has 11 heteroatoms. The molecular formula is C22H15F6NO4. The summed E-state index contributed by atoms with van der Waals surface area (Å²) in [7, 11) is 0. The van der Waals surface area contributed by atoms with Crippen molar-refractivity contribution in [2.45, 2.75) is 25.0 Å². The summed E-state index contributed by atoms with van der Waals surface area (Å²) in [6.07, 6.45) is -9.76. The zero-order valence-corrected chi connectivity index (χ0v) is 16.5. The van der Waals surface area contributed by atoms with Crippen molar-refractivity contribution in [1.29, 1.82) is 0 Å². The maximum atomic E-state index is 13.0. The highest BCUT2D eigenvalue weighted by atomic mass is 19.4. The molecule has 0 fully saturated rings. The Morgan fingerprint density at radius 1 is 0.909 bits per heavy atom. The van der Waals surface area contributed by atoms with Crippen LogP contribution in [-0.4, -0.2) is 29.2 Å². The van der Waals surface area contributed by atoms with Crippen molar-refractivity contribution >= 4 is 22.6 Å². The smallest absolute Gasteiger partial charge is 0.419 e. The van der Waals surface area contributed by atoms with Crippen LogP contribution in [0.1, 0.15) is 21.5 Å². The normalized spacial score (nSPS) is 12.9. The highest BCUT2D eigenvalue weighted by Crippen LogP contribution is 2.32. The Kier molecular flexibility index (Phi) is 6.52. The second kappa shape index (κ2) is 9.00. The number of ether oxygens (including phenoxy) is 1. The number of rotatable bonds is 6. The third kappa shape index (κ3) is 5.54. The average molecular weight is 471 g/mol. The molecule has 3 aromatic carbocycles. The molecule has 3 aromatic rings. The van der Waals surface area contributed by atoms with Gasteiger partial charge in [-0.2, -0.15) is 26.3 Å². The molecule has 0 bridgehead atoms. The number of hydrogen-bond donors (Lipinski definition) is 2. The molecule has 0 radical (unpaired) electrons. The molecule has 33 heavy (non-hydrogen) atoms. The molecule has 0 aromatic heterocycles. The minimum atomic E-state index is -5.24. The molecule has 0 aliphatic rings. The zero-order valence-electron chi connectivity index (χ0n) is 16.5. The summed E-state index contributed by atoms with van der Waals surface area (Å²) in [4.78, 5) is 23.5. The Labute approximate surface area is 182 Å². The van der Waals surface area contributed by atoms with Gasteiger partial charge in [0, 0.05) is 5.39 Å². The molecule has 1 unspecified atom stereocenters. The summed E-state index contributed by atoms with van der Waals surface area (Å²) in [5.74, 6) is -3.77. The fourth-order valence-corrected chi connectivity index (χ4v) is 3.02. The summed E-state index contributed by atoms with van der Waals surface area (Å²) in [6.45, 7) is -0.298. The van der Waals surface area contributed by atoms with E-state index in [4.69, 9.17) is 9.84 Å². The minimum Gasteiger partial charge on any atom is -0.487 e. The van der Waals surface area contributed by atoms with Crippen molar-refractivity contribution in [3.05, 3.63) is 77.4 Å². The quantitative estimate of drug-likeness (QED) is 0.486. The van der Waals surface area contributed by atoms with E-state index in [-0.39, 0.29) is 17.9 Å². The van der Waals surface area contributed by atoms with Crippen LogP contribution < -0.4 is 10.1 Å². The lowest BCUT2D eigenvalue weighted by atomic mass is 10.0. The van der Waals surface area contributed by atoms with Crippen molar-refractivity contribution in [2.75, 3.05) is 0 Å². The lowest BCUT2D eigenvalue weighted by molar-refractivity contribution is -0.178. The molecular weight excluding hydrogens is 456 g/mol. The van der Waals surface area contributed by atoms with Crippen LogP contribution in [0.3, 0.4) is 0 Å². The summed E-state index contributed by atoms with van der Waals surface area (Å²) in [5, 5.41) is 11.2. The number of benzene rings is 3. The van der Waals surface area contributed by atoms with E-state index in [0.29, 0.717) is 16.3 Å². The van der Waals surface area contributed by atoms with Crippen molar-refractivity contribution in [2.24, 2.45) is 0 Å². The summed E-state index contributed by atoms with van der Waals surface area (Å²) in [6, 6.07) is 9.94. The van der Waals surface area contributed by atoms with Gasteiger partial charge >= 0.3 is 18.3 Å². The number of carbonyl (C=O) groups excluding carboxylic acids is 1. The Bertz CT molecular complexity index is 1170. The largest absolute Gasteiger partial charge is 0.487 e. The van der Waals surface area contributed by atoms with Gasteiger partial charge in [0.15, 0.2) is 0 Å². The van der Waals surface area contributed by atoms with Crippen LogP contribution in [0.2, 0.25) is 0 Å². The van der Waals surface area contributed by atoms with Gasteiger partial charge in [0.25, 0.3) is 5.91 Å². The van der Waals surface area contributed by atoms with Crippen LogP contribution in [-0.2, 0) is 17.6 Å². The van der Waals surface area contributed by atoms with Gasteiger partial charge in [-0.1, -0.05) is 42.5 Å². The predicted octanol–water partition coefficient (Wildman–Crippen LogP) is 5.18. The number of carbonyl (C=O) groups is 2. The number of aliphatic carboxylic acids is 1. The van der Waals surface area contributed by atoms with Gasteiger partial charge in [0.05, 0.1) is 11.1 Å². The summed E-state index contributed by atoms with van der Waals surface area (Å²) >= 11 is 0. The lowest BCUT2D eigenvalue weighted by Crippen LogP contribution is -2.50. The van der Waals surface area contributed by atoms with Crippen LogP contribution in [0.25, 0.3) is 10.8 Å². The number of halogens is 6. The van der Waals surface area contributed by atoms with Gasteiger partial charge in [-0.05, 0) is 29.1 Å². The van der Waals surface area contributed by atoms with Crippen molar-refractivity contribution in [1.82, 2.24) is 5.32 Å². The van der Waals surface area contributed by atoms with Gasteiger partial charge in [0.1, 0.15) is 12.4 Å². The SMILES string of the molecule is O=C(NC(C(=O)O)C(F)(F)F)c1ccc2ccccc2c1OCc1ccc(C(F)(F)F)cc1. The van der Waals surface area contributed by atoms with E-state index in [0.717, 1.165) is 24.3 Å². The molecule has 0 aliphatic carbocycles. The average Bonchev–Trinajstić information content (AvgIpc) is 2.74. The number of carboxylic acid groups (broad SMARTS) is 1. The summed E-state index contributed by atoms with van der Waals surface area (Å²) in [5.41, 5.74) is -0.930. The molecule has 0 heterocycles. The van der Waals surface area contributed by atoms with E-state index < -0.39 is 35.8 Å². The van der Waals surface area contributed by atoms with Crippen molar-refractivity contribution < 1.29 is 45.8 Å². The fraction of sp³-hybridized carbons (Fsp3) is 0.182. The predicted molar refractivity (Wildman–Crippen MR) is 105 cm³/mol. The number of amides is 1. The standard InChI is InChI=1S/C22H15F6NO4/c23-21(24,25)14-8-5-12(6-9-14)11-33-17-15-4-2-1-3-13(15)7-10-16(17)19(30)29-18(20(31)32)22(26,27)28/h1-10,18H,11H2,(H,29,30)(H,31,32). The molecule has 5 nitrogen and oxygen atoms in total. The first kappa shape index (κ1) is 23.9. The maximum absolute atomic E-state index is 13.0. The van der Waals surface area contributed by atoms with Crippen LogP contribution in [0.4, 0.5) is 26.3 Å². The second-order valence-corrected chi connectivity index (χ2v) is 6.93. The van der Waals surface area contributed by atoms with Crippen LogP contribution in [0, 0.1) is 0 Å². The number of nitrogens with one attached hydrogen (secondary N) is 1. The number of carboxylic acids is 1. The Morgan fingerprint density at radius 2 is 1.55 bits per heavy atom. The van der Waals surface area contributed by atoms with Crippen molar-refractivity contribution in [3.63, 3.8) is 0 Å². The van der Waals surface area contributed by atoms with Gasteiger partial charge in [-0.3, -0.25) is 4.79 Å². The fourth-order valence-electron chi connectivity index (χ4n) is 3.02. The first-order valence-corrected chi connectivity index (χ1v) is 9.29. The lowest BCUT2D eigenvalue weighted by Gasteiger charge is -2.19. The highest BCUT2D eigenvalue weighted by Gasteiger charge is 2.46. The molecule has 0 saturated carbocycles. The first-order valence-electron chi connectivity index (χ1n) is 9.29. The van der Waals surface area contributed by atoms with Gasteiger partial charge < -0.3 is 15.2 Å². The molecule has 174 valence electrons. The van der Waals surface area contributed by atoms with E-state index in [9.17, 15) is 35.9 Å². The third-order valence-electron chi connectivity index (χ3n) is 4.64. The van der Waals surface area contributed by atoms with Crippen LogP contribution in [0.15, 0.2) is 60.7 Å². The molecule has 0 aliphatic heterocycles. The topological polar surface area (TPSA) is 75.6 Å². The Morgan fingerprint density at radius 3 is 2.12 bits per heavy atom. The molecule has 3 rings (SSSR count). The van der Waals surface area contributed by atoms with Crippen molar-refractivity contribution in [3.8, 4) is 5.75 Å². The molecule has 0 spiro atoms. The second-order valence-electron chi connectivity index (χ2n) is 6.93. The number of hydrogen-bond acceptors (Lipinski definition) is 3. The molecule has 0 saturated heterocycles. The van der Waals surface area contributed by atoms with E-state index in [2.05, 4.69) is 0 Å². The van der Waals surface area contributed by atoms with Crippen LogP contribution >= 0.6 is 0 Å². The number of fused-ring (bicyclic) bond motifs is 1. The van der Waals surface area contributed by atoms with Gasteiger partial charge in [0.2, 0.25) is 6.04 Å². The monoisotopic (exact) mass is 471 g/mol. The Balaban J connectivity index is 1.94. The maximum Gasteiger partial charge on any atom is 0.419 e. The first-order chi connectivity index (χ1) is 15.4. The summed E-state index contributed by atoms with van der Waals surface area (Å²) < 4.78 is 82.8. The van der Waals surface area contributed by atoms with Gasteiger partial charge in [-0.15, -0.1) is 0 Å². The van der Waals surface area contributed by atoms with E-state index in [1.54, 1.807) is 18.2 Å². The van der Waals surface area contributed by atoms with Crippen LogP contribution in [0.5, 0.6) is 5.75 Å². The minimum absolute atomic E-state index is 0.142.